The normalized spacial score (nSPS) is 8.29. The molecule has 42 valence electrons. The fraction of sp³-hybridized carbons (Fsp3) is 0.667. The van der Waals surface area contributed by atoms with Crippen LogP contribution in [0.2, 0.25) is 0 Å². The third-order valence-electron chi connectivity index (χ3n) is 0.337. The molecule has 0 atom stereocenters. The number of amides is 1. The zero-order valence-corrected chi connectivity index (χ0v) is 5.49. The molecule has 1 N–H and O–H groups in total. The van der Waals surface area contributed by atoms with Crippen LogP contribution in [0.4, 0.5) is 0 Å². The molecule has 0 spiro atoms. The summed E-state index contributed by atoms with van der Waals surface area (Å²) in [5.74, 6) is -0.178. The van der Waals surface area contributed by atoms with Gasteiger partial charge in [0, 0.05) is 0 Å². The molecule has 0 aromatic carbocycles. The highest BCUT2D eigenvalue weighted by Gasteiger charge is 1.90. The van der Waals surface area contributed by atoms with Crippen LogP contribution < -0.4 is 5.48 Å². The highest BCUT2D eigenvalue weighted by atomic mass is 79.9. The van der Waals surface area contributed by atoms with Crippen LogP contribution >= 0.6 is 15.9 Å². The third-order valence-corrected chi connectivity index (χ3v) is 0.847. The Morgan fingerprint density at radius 1 is 2.00 bits per heavy atom. The van der Waals surface area contributed by atoms with Gasteiger partial charge in [0.2, 0.25) is 0 Å². The summed E-state index contributed by atoms with van der Waals surface area (Å²) in [5, 5.41) is 0.279. The van der Waals surface area contributed by atoms with E-state index in [0.717, 1.165) is 0 Å². The smallest absolute Gasteiger partial charge is 0.254 e. The number of hydrogen-bond acceptors (Lipinski definition) is 2. The van der Waals surface area contributed by atoms with E-state index in [-0.39, 0.29) is 11.2 Å². The number of carbonyl (C=O) groups is 1. The first-order valence-corrected chi connectivity index (χ1v) is 2.81. The standard InChI is InChI=1S/C3H6BrNO2/c1-7-5-3(6)2-4/h2H2,1H3,(H,5,6). The maximum Gasteiger partial charge on any atom is 0.254 e. The monoisotopic (exact) mass is 167 g/mol. The number of rotatable bonds is 2. The molecule has 0 heterocycles. The minimum absolute atomic E-state index is 0.178. The second-order valence-corrected chi connectivity index (χ2v) is 1.42. The first kappa shape index (κ1) is 6.91. The number of hydroxylamine groups is 1. The first-order valence-electron chi connectivity index (χ1n) is 1.69. The molecule has 0 aliphatic rings. The molecule has 7 heavy (non-hydrogen) atoms. The second-order valence-electron chi connectivity index (χ2n) is 0.863. The predicted molar refractivity (Wildman–Crippen MR) is 28.9 cm³/mol. The van der Waals surface area contributed by atoms with E-state index < -0.39 is 0 Å². The van der Waals surface area contributed by atoms with E-state index in [9.17, 15) is 4.79 Å². The van der Waals surface area contributed by atoms with Gasteiger partial charge in [-0.05, 0) is 0 Å². The molecular weight excluding hydrogens is 162 g/mol. The lowest BCUT2D eigenvalue weighted by Gasteiger charge is -1.93. The molecule has 1 amide bonds. The van der Waals surface area contributed by atoms with Crippen LogP contribution in [0.25, 0.3) is 0 Å². The fourth-order valence-electron chi connectivity index (χ4n) is 0.141. The first-order chi connectivity index (χ1) is 3.31. The summed E-state index contributed by atoms with van der Waals surface area (Å²) in [4.78, 5) is 14.4. The summed E-state index contributed by atoms with van der Waals surface area (Å²) >= 11 is 2.92. The average molecular weight is 168 g/mol. The lowest BCUT2D eigenvalue weighted by molar-refractivity contribution is -0.128. The zero-order valence-electron chi connectivity index (χ0n) is 3.90. The molecule has 3 nitrogen and oxygen atoms in total. The van der Waals surface area contributed by atoms with Crippen LogP contribution in [0.3, 0.4) is 0 Å². The SMILES string of the molecule is CONC(=O)CBr. The quantitative estimate of drug-likeness (QED) is 0.467. The Kier molecular flexibility index (Phi) is 4.03. The van der Waals surface area contributed by atoms with Gasteiger partial charge in [0.15, 0.2) is 0 Å². The van der Waals surface area contributed by atoms with Gasteiger partial charge in [0.05, 0.1) is 12.4 Å². The van der Waals surface area contributed by atoms with E-state index in [1.807, 2.05) is 0 Å². The lowest BCUT2D eigenvalue weighted by atomic mass is 10.8. The fourth-order valence-corrected chi connectivity index (χ4v) is 0.256. The Morgan fingerprint density at radius 2 is 2.57 bits per heavy atom. The van der Waals surface area contributed by atoms with Crippen molar-refractivity contribution in [3.05, 3.63) is 0 Å². The molecule has 0 fully saturated rings. The Balaban J connectivity index is 3.00. The lowest BCUT2D eigenvalue weighted by Crippen LogP contribution is -2.22. The zero-order chi connectivity index (χ0) is 5.70. The summed E-state index contributed by atoms with van der Waals surface area (Å²) in [6, 6.07) is 0. The molecule has 0 aliphatic heterocycles. The summed E-state index contributed by atoms with van der Waals surface area (Å²) in [5.41, 5.74) is 2.11. The van der Waals surface area contributed by atoms with Gasteiger partial charge in [-0.25, -0.2) is 5.48 Å². The second kappa shape index (κ2) is 4.08. The molecular formula is C3H6BrNO2. The van der Waals surface area contributed by atoms with Crippen LogP contribution in [0.1, 0.15) is 0 Å². The minimum atomic E-state index is -0.178. The number of carbonyl (C=O) groups excluding carboxylic acids is 1. The van der Waals surface area contributed by atoms with Gasteiger partial charge in [0.25, 0.3) is 5.91 Å². The third kappa shape index (κ3) is 3.75. The van der Waals surface area contributed by atoms with Crippen LogP contribution in [0, 0.1) is 0 Å². The summed E-state index contributed by atoms with van der Waals surface area (Å²) in [7, 11) is 1.39. The molecule has 4 heteroatoms. The molecule has 0 aromatic rings. The summed E-state index contributed by atoms with van der Waals surface area (Å²) in [6.07, 6.45) is 0. The van der Waals surface area contributed by atoms with E-state index in [0.29, 0.717) is 0 Å². The number of nitrogens with one attached hydrogen (secondary N) is 1. The van der Waals surface area contributed by atoms with Crippen molar-refractivity contribution in [1.82, 2.24) is 5.48 Å². The average Bonchev–Trinajstić information content (AvgIpc) is 1.68. The Hall–Kier alpha value is -0.0900. The van der Waals surface area contributed by atoms with Gasteiger partial charge in [-0.2, -0.15) is 0 Å². The Bertz CT molecular complexity index is 66.0. The van der Waals surface area contributed by atoms with Crippen molar-refractivity contribution >= 4 is 21.8 Å². The number of alkyl halides is 1. The highest BCUT2D eigenvalue weighted by molar-refractivity contribution is 9.09. The topological polar surface area (TPSA) is 38.3 Å². The van der Waals surface area contributed by atoms with E-state index in [1.54, 1.807) is 0 Å². The predicted octanol–water partition coefficient (Wildman–Crippen LogP) is 0.0589. The van der Waals surface area contributed by atoms with Gasteiger partial charge in [-0.1, -0.05) is 15.9 Å². The molecule has 0 bridgehead atoms. The molecule has 0 radical (unpaired) electrons. The van der Waals surface area contributed by atoms with Gasteiger partial charge >= 0.3 is 0 Å². The van der Waals surface area contributed by atoms with E-state index in [2.05, 4.69) is 26.2 Å². The van der Waals surface area contributed by atoms with Gasteiger partial charge in [0.1, 0.15) is 0 Å². The van der Waals surface area contributed by atoms with Crippen LogP contribution in [-0.4, -0.2) is 18.3 Å². The molecule has 0 aromatic heterocycles. The van der Waals surface area contributed by atoms with Gasteiger partial charge in [-0.3, -0.25) is 9.63 Å². The van der Waals surface area contributed by atoms with Crippen LogP contribution in [0.15, 0.2) is 0 Å². The van der Waals surface area contributed by atoms with Crippen molar-refractivity contribution in [3.8, 4) is 0 Å². The minimum Gasteiger partial charge on any atom is -0.277 e. The van der Waals surface area contributed by atoms with Crippen molar-refractivity contribution in [2.24, 2.45) is 0 Å². The molecule has 0 aliphatic carbocycles. The van der Waals surface area contributed by atoms with Crippen molar-refractivity contribution < 1.29 is 9.63 Å². The van der Waals surface area contributed by atoms with Crippen molar-refractivity contribution in [1.29, 1.82) is 0 Å². The largest absolute Gasteiger partial charge is 0.277 e. The Morgan fingerprint density at radius 3 is 2.71 bits per heavy atom. The molecule has 0 saturated carbocycles. The maximum atomic E-state index is 10.1. The summed E-state index contributed by atoms with van der Waals surface area (Å²) < 4.78 is 0. The Labute approximate surface area is 50.1 Å². The van der Waals surface area contributed by atoms with Gasteiger partial charge < -0.3 is 0 Å². The van der Waals surface area contributed by atoms with E-state index >= 15 is 0 Å². The molecule has 0 unspecified atom stereocenters. The summed E-state index contributed by atoms with van der Waals surface area (Å²) in [6.45, 7) is 0. The van der Waals surface area contributed by atoms with E-state index in [4.69, 9.17) is 0 Å². The van der Waals surface area contributed by atoms with Crippen molar-refractivity contribution in [2.45, 2.75) is 0 Å². The van der Waals surface area contributed by atoms with E-state index in [1.165, 1.54) is 7.11 Å². The van der Waals surface area contributed by atoms with Crippen LogP contribution in [0.5, 0.6) is 0 Å². The van der Waals surface area contributed by atoms with Crippen molar-refractivity contribution in [3.63, 3.8) is 0 Å². The van der Waals surface area contributed by atoms with Gasteiger partial charge in [-0.15, -0.1) is 0 Å². The molecule has 0 saturated heterocycles. The number of halogens is 1. The van der Waals surface area contributed by atoms with Crippen LogP contribution in [-0.2, 0) is 9.63 Å². The highest BCUT2D eigenvalue weighted by Crippen LogP contribution is 1.75. The number of hydrogen-bond donors (Lipinski definition) is 1. The molecule has 0 rings (SSSR count). The van der Waals surface area contributed by atoms with Crippen molar-refractivity contribution in [2.75, 3.05) is 12.4 Å². The maximum absolute atomic E-state index is 10.1.